The molecule has 2 aromatic rings. The first-order chi connectivity index (χ1) is 6.70. The monoisotopic (exact) mass is 193 g/mol. The summed E-state index contributed by atoms with van der Waals surface area (Å²) in [5.41, 5.74) is -0.455. The van der Waals surface area contributed by atoms with Gasteiger partial charge >= 0.3 is 0 Å². The predicted molar refractivity (Wildman–Crippen MR) is 51.1 cm³/mol. The van der Waals surface area contributed by atoms with Crippen LogP contribution in [-0.4, -0.2) is 12.1 Å². The molecule has 14 heavy (non-hydrogen) atoms. The van der Waals surface area contributed by atoms with Gasteiger partial charge in [0, 0.05) is 11.5 Å². The van der Waals surface area contributed by atoms with E-state index in [-0.39, 0.29) is 0 Å². The molecule has 1 heterocycles. The Morgan fingerprint density at radius 1 is 1.36 bits per heavy atom. The highest BCUT2D eigenvalue weighted by Gasteiger charge is 2.03. The van der Waals surface area contributed by atoms with E-state index in [0.717, 1.165) is 0 Å². The highest BCUT2D eigenvalue weighted by molar-refractivity contribution is 5.83. The number of rotatable bonds is 1. The summed E-state index contributed by atoms with van der Waals surface area (Å²) >= 11 is 0. The summed E-state index contributed by atoms with van der Waals surface area (Å²) in [4.78, 5) is 13.1. The van der Waals surface area contributed by atoms with Gasteiger partial charge in [-0.2, -0.15) is 4.39 Å². The standard InChI is InChI=1S/C10H8FNO2/c1-14-7-2-3-8-6(4-7)5-9(13)12-10(8)11/h2-5H,1H3,(H,12,13). The van der Waals surface area contributed by atoms with Crippen LogP contribution in [0.25, 0.3) is 10.8 Å². The molecule has 0 bridgehead atoms. The van der Waals surface area contributed by atoms with E-state index >= 15 is 0 Å². The summed E-state index contributed by atoms with van der Waals surface area (Å²) in [7, 11) is 1.52. The van der Waals surface area contributed by atoms with Crippen molar-refractivity contribution < 1.29 is 9.13 Å². The molecule has 0 amide bonds. The number of benzene rings is 1. The lowest BCUT2D eigenvalue weighted by molar-refractivity contribution is 0.415. The van der Waals surface area contributed by atoms with E-state index in [1.165, 1.54) is 13.2 Å². The molecule has 4 heteroatoms. The van der Waals surface area contributed by atoms with E-state index in [4.69, 9.17) is 4.74 Å². The van der Waals surface area contributed by atoms with Crippen molar-refractivity contribution in [1.82, 2.24) is 4.98 Å². The Labute approximate surface area is 79.1 Å². The molecule has 0 saturated carbocycles. The quantitative estimate of drug-likeness (QED) is 0.700. The van der Waals surface area contributed by atoms with Crippen LogP contribution in [0.1, 0.15) is 0 Å². The van der Waals surface area contributed by atoms with Crippen LogP contribution < -0.4 is 10.3 Å². The Balaban J connectivity index is 2.82. The molecule has 0 unspecified atom stereocenters. The topological polar surface area (TPSA) is 42.1 Å². The lowest BCUT2D eigenvalue weighted by Crippen LogP contribution is -2.06. The molecule has 0 aliphatic heterocycles. The maximum atomic E-state index is 13.2. The Hall–Kier alpha value is -1.84. The Bertz CT molecular complexity index is 533. The number of hydrogen-bond donors (Lipinski definition) is 1. The van der Waals surface area contributed by atoms with Crippen LogP contribution in [0.15, 0.2) is 29.1 Å². The Morgan fingerprint density at radius 2 is 2.14 bits per heavy atom. The number of methoxy groups -OCH3 is 1. The van der Waals surface area contributed by atoms with E-state index in [9.17, 15) is 9.18 Å². The minimum absolute atomic E-state index is 0.380. The molecule has 0 spiro atoms. The van der Waals surface area contributed by atoms with Gasteiger partial charge in [0.2, 0.25) is 5.95 Å². The lowest BCUT2D eigenvalue weighted by atomic mass is 10.1. The van der Waals surface area contributed by atoms with E-state index in [1.807, 2.05) is 0 Å². The SMILES string of the molecule is COc1ccc2c(F)[nH]c(=O)cc2c1. The number of hydrogen-bond acceptors (Lipinski definition) is 2. The summed E-state index contributed by atoms with van der Waals surface area (Å²) in [6.07, 6.45) is 0. The van der Waals surface area contributed by atoms with Crippen LogP contribution in [0.3, 0.4) is 0 Å². The minimum Gasteiger partial charge on any atom is -0.497 e. The van der Waals surface area contributed by atoms with Gasteiger partial charge < -0.3 is 4.74 Å². The van der Waals surface area contributed by atoms with Crippen LogP contribution in [0.4, 0.5) is 4.39 Å². The maximum absolute atomic E-state index is 13.2. The highest BCUT2D eigenvalue weighted by Crippen LogP contribution is 2.20. The van der Waals surface area contributed by atoms with Gasteiger partial charge in [-0.25, -0.2) is 0 Å². The van der Waals surface area contributed by atoms with Gasteiger partial charge in [-0.05, 0) is 23.6 Å². The first-order valence-electron chi connectivity index (χ1n) is 4.07. The molecule has 0 fully saturated rings. The number of fused-ring (bicyclic) bond motifs is 1. The molecule has 0 radical (unpaired) electrons. The fourth-order valence-corrected chi connectivity index (χ4v) is 1.34. The summed E-state index contributed by atoms with van der Waals surface area (Å²) < 4.78 is 18.2. The van der Waals surface area contributed by atoms with Gasteiger partial charge in [-0.15, -0.1) is 0 Å². The first-order valence-corrected chi connectivity index (χ1v) is 4.07. The minimum atomic E-state index is -0.616. The molecular formula is C10H8FNO2. The zero-order valence-corrected chi connectivity index (χ0v) is 7.50. The van der Waals surface area contributed by atoms with Crippen molar-refractivity contribution in [2.24, 2.45) is 0 Å². The number of H-pyrrole nitrogens is 1. The average Bonchev–Trinajstić information content (AvgIpc) is 2.16. The van der Waals surface area contributed by atoms with Crippen LogP contribution in [0.2, 0.25) is 0 Å². The van der Waals surface area contributed by atoms with Crippen molar-refractivity contribution in [3.63, 3.8) is 0 Å². The van der Waals surface area contributed by atoms with Crippen LogP contribution in [0, 0.1) is 5.95 Å². The third kappa shape index (κ3) is 1.35. The molecule has 1 aromatic heterocycles. The number of aromatic amines is 1. The molecule has 72 valence electrons. The van der Waals surface area contributed by atoms with Gasteiger partial charge in [-0.1, -0.05) is 0 Å². The van der Waals surface area contributed by atoms with Crippen LogP contribution >= 0.6 is 0 Å². The van der Waals surface area contributed by atoms with Crippen LogP contribution in [0.5, 0.6) is 5.75 Å². The number of aromatic nitrogens is 1. The van der Waals surface area contributed by atoms with Crippen molar-refractivity contribution in [2.75, 3.05) is 7.11 Å². The van der Waals surface area contributed by atoms with Crippen LogP contribution in [-0.2, 0) is 0 Å². The van der Waals surface area contributed by atoms with Gasteiger partial charge in [0.15, 0.2) is 0 Å². The maximum Gasteiger partial charge on any atom is 0.250 e. The fraction of sp³-hybridized carbons (Fsp3) is 0.100. The largest absolute Gasteiger partial charge is 0.497 e. The van der Waals surface area contributed by atoms with E-state index in [1.54, 1.807) is 18.2 Å². The summed E-state index contributed by atoms with van der Waals surface area (Å²) in [5.74, 6) is -0.0161. The molecule has 1 aromatic carbocycles. The Morgan fingerprint density at radius 3 is 2.86 bits per heavy atom. The van der Waals surface area contributed by atoms with E-state index < -0.39 is 11.5 Å². The Kier molecular flexibility index (Phi) is 1.96. The van der Waals surface area contributed by atoms with Crippen molar-refractivity contribution in [3.8, 4) is 5.75 Å². The smallest absolute Gasteiger partial charge is 0.250 e. The third-order valence-corrected chi connectivity index (χ3v) is 2.01. The van der Waals surface area contributed by atoms with Crippen molar-refractivity contribution in [1.29, 1.82) is 0 Å². The summed E-state index contributed by atoms with van der Waals surface area (Å²) in [6.45, 7) is 0. The van der Waals surface area contributed by atoms with E-state index in [0.29, 0.717) is 16.5 Å². The number of ether oxygens (including phenoxy) is 1. The molecule has 0 aliphatic rings. The number of pyridine rings is 1. The third-order valence-electron chi connectivity index (χ3n) is 2.01. The fourth-order valence-electron chi connectivity index (χ4n) is 1.34. The molecule has 0 aliphatic carbocycles. The molecule has 2 rings (SSSR count). The summed E-state index contributed by atoms with van der Waals surface area (Å²) in [6, 6.07) is 6.16. The normalized spacial score (nSPS) is 10.4. The molecule has 1 N–H and O–H groups in total. The molecule has 3 nitrogen and oxygen atoms in total. The zero-order chi connectivity index (χ0) is 10.1. The van der Waals surface area contributed by atoms with E-state index in [2.05, 4.69) is 4.98 Å². The highest BCUT2D eigenvalue weighted by atomic mass is 19.1. The van der Waals surface area contributed by atoms with Gasteiger partial charge in [0.1, 0.15) is 5.75 Å². The number of nitrogens with one attached hydrogen (secondary N) is 1. The lowest BCUT2D eigenvalue weighted by Gasteiger charge is -2.02. The second-order valence-corrected chi connectivity index (χ2v) is 2.90. The van der Waals surface area contributed by atoms with Crippen molar-refractivity contribution in [2.45, 2.75) is 0 Å². The van der Waals surface area contributed by atoms with Crippen molar-refractivity contribution in [3.05, 3.63) is 40.6 Å². The average molecular weight is 193 g/mol. The molecule has 0 saturated heterocycles. The molecular weight excluding hydrogens is 185 g/mol. The van der Waals surface area contributed by atoms with Gasteiger partial charge in [-0.3, -0.25) is 9.78 Å². The van der Waals surface area contributed by atoms with Gasteiger partial charge in [0.25, 0.3) is 5.56 Å². The molecule has 0 atom stereocenters. The predicted octanol–water partition coefficient (Wildman–Crippen LogP) is 1.68. The first kappa shape index (κ1) is 8.74. The van der Waals surface area contributed by atoms with Gasteiger partial charge in [0.05, 0.1) is 7.11 Å². The zero-order valence-electron chi connectivity index (χ0n) is 7.50. The second-order valence-electron chi connectivity index (χ2n) is 2.90. The number of halogens is 1. The summed E-state index contributed by atoms with van der Waals surface area (Å²) in [5, 5.41) is 0.913. The van der Waals surface area contributed by atoms with Crippen molar-refractivity contribution >= 4 is 10.8 Å². The second kappa shape index (κ2) is 3.14.